The summed E-state index contributed by atoms with van der Waals surface area (Å²) in [6, 6.07) is 3.12. The molecule has 1 aromatic carbocycles. The molecule has 0 aliphatic carbocycles. The Labute approximate surface area is 134 Å². The lowest BCUT2D eigenvalue weighted by molar-refractivity contribution is -0.385. The highest BCUT2D eigenvalue weighted by Gasteiger charge is 2.16. The monoisotopic (exact) mass is 324 g/mol. The lowest BCUT2D eigenvalue weighted by atomic mass is 9.96. The number of carbonyl (C=O) groups is 1. The minimum Gasteiger partial charge on any atom is -0.391 e. The Hall–Kier alpha value is -2.28. The molecule has 0 heterocycles. The highest BCUT2D eigenvalue weighted by atomic mass is 19.1. The number of nitro groups is 1. The van der Waals surface area contributed by atoms with Crippen LogP contribution < -0.4 is 5.32 Å². The molecule has 0 saturated heterocycles. The van der Waals surface area contributed by atoms with E-state index in [9.17, 15) is 24.4 Å². The van der Waals surface area contributed by atoms with Crippen molar-refractivity contribution in [2.75, 3.05) is 6.54 Å². The SMILES string of the molecule is CCC(CC)C(O)CNC(=O)/C=C/c1ccc(F)cc1[N+](=O)[O-]. The molecule has 0 spiro atoms. The Balaban J connectivity index is 2.68. The van der Waals surface area contributed by atoms with E-state index < -0.39 is 28.4 Å². The van der Waals surface area contributed by atoms with E-state index in [2.05, 4.69) is 5.32 Å². The number of nitro benzene ring substituents is 1. The highest BCUT2D eigenvalue weighted by molar-refractivity contribution is 5.92. The largest absolute Gasteiger partial charge is 0.391 e. The van der Waals surface area contributed by atoms with Gasteiger partial charge in [-0.15, -0.1) is 0 Å². The Morgan fingerprint density at radius 1 is 1.43 bits per heavy atom. The molecule has 0 fully saturated rings. The zero-order chi connectivity index (χ0) is 17.4. The van der Waals surface area contributed by atoms with Gasteiger partial charge in [-0.3, -0.25) is 14.9 Å². The molecule has 0 radical (unpaired) electrons. The van der Waals surface area contributed by atoms with Gasteiger partial charge in [0.1, 0.15) is 5.82 Å². The van der Waals surface area contributed by atoms with E-state index in [-0.39, 0.29) is 18.0 Å². The van der Waals surface area contributed by atoms with Gasteiger partial charge in [-0.25, -0.2) is 4.39 Å². The first-order valence-electron chi connectivity index (χ1n) is 7.46. The van der Waals surface area contributed by atoms with Gasteiger partial charge in [0, 0.05) is 12.6 Å². The van der Waals surface area contributed by atoms with Crippen LogP contribution in [-0.2, 0) is 4.79 Å². The van der Waals surface area contributed by atoms with E-state index in [1.165, 1.54) is 12.1 Å². The van der Waals surface area contributed by atoms with Crippen molar-refractivity contribution in [1.29, 1.82) is 0 Å². The van der Waals surface area contributed by atoms with Crippen molar-refractivity contribution in [2.24, 2.45) is 5.92 Å². The second-order valence-electron chi connectivity index (χ2n) is 5.18. The lowest BCUT2D eigenvalue weighted by Crippen LogP contribution is -2.35. The minimum absolute atomic E-state index is 0.109. The molecule has 1 aromatic rings. The zero-order valence-corrected chi connectivity index (χ0v) is 13.2. The number of benzene rings is 1. The third-order valence-corrected chi connectivity index (χ3v) is 3.68. The quantitative estimate of drug-likeness (QED) is 0.437. The third-order valence-electron chi connectivity index (χ3n) is 3.68. The number of amides is 1. The first kappa shape index (κ1) is 18.8. The Morgan fingerprint density at radius 3 is 2.65 bits per heavy atom. The summed E-state index contributed by atoms with van der Waals surface area (Å²) in [5.41, 5.74) is -0.279. The molecular formula is C16H21FN2O4. The van der Waals surface area contributed by atoms with E-state index in [4.69, 9.17) is 0 Å². The van der Waals surface area contributed by atoms with Gasteiger partial charge in [0.2, 0.25) is 5.91 Å². The van der Waals surface area contributed by atoms with E-state index in [1.807, 2.05) is 13.8 Å². The van der Waals surface area contributed by atoms with Crippen LogP contribution in [0.5, 0.6) is 0 Å². The average molecular weight is 324 g/mol. The number of rotatable bonds is 8. The maximum absolute atomic E-state index is 13.0. The molecular weight excluding hydrogens is 303 g/mol. The summed E-state index contributed by atoms with van der Waals surface area (Å²) in [5.74, 6) is -1.09. The summed E-state index contributed by atoms with van der Waals surface area (Å²) >= 11 is 0. The second-order valence-corrected chi connectivity index (χ2v) is 5.18. The molecule has 1 atom stereocenters. The predicted molar refractivity (Wildman–Crippen MR) is 85.2 cm³/mol. The van der Waals surface area contributed by atoms with Crippen LogP contribution in [-0.4, -0.2) is 28.6 Å². The molecule has 7 heteroatoms. The Bertz CT molecular complexity index is 585. The normalized spacial score (nSPS) is 12.6. The third kappa shape index (κ3) is 5.78. The first-order chi connectivity index (χ1) is 10.9. The van der Waals surface area contributed by atoms with Crippen molar-refractivity contribution in [2.45, 2.75) is 32.8 Å². The summed E-state index contributed by atoms with van der Waals surface area (Å²) in [6.07, 6.45) is 3.36. The van der Waals surface area contributed by atoms with Crippen molar-refractivity contribution < 1.29 is 19.2 Å². The van der Waals surface area contributed by atoms with Gasteiger partial charge in [-0.05, 0) is 24.1 Å². The number of nitrogens with zero attached hydrogens (tertiary/aromatic N) is 1. The van der Waals surface area contributed by atoms with Gasteiger partial charge in [-0.1, -0.05) is 26.7 Å². The summed E-state index contributed by atoms with van der Waals surface area (Å²) in [4.78, 5) is 21.9. The summed E-state index contributed by atoms with van der Waals surface area (Å²) < 4.78 is 13.0. The van der Waals surface area contributed by atoms with Crippen LogP contribution in [0.4, 0.5) is 10.1 Å². The number of aliphatic hydroxyl groups excluding tert-OH is 1. The van der Waals surface area contributed by atoms with Gasteiger partial charge < -0.3 is 10.4 Å². The molecule has 0 bridgehead atoms. The number of nitrogens with one attached hydrogen (secondary N) is 1. The minimum atomic E-state index is -0.716. The van der Waals surface area contributed by atoms with E-state index in [0.717, 1.165) is 31.1 Å². The fraction of sp³-hybridized carbons (Fsp3) is 0.438. The van der Waals surface area contributed by atoms with Gasteiger partial charge in [-0.2, -0.15) is 0 Å². The predicted octanol–water partition coefficient (Wildman–Crippen LogP) is 2.66. The topological polar surface area (TPSA) is 92.5 Å². The molecule has 126 valence electrons. The molecule has 1 amide bonds. The van der Waals surface area contributed by atoms with Crippen LogP contribution in [0.1, 0.15) is 32.3 Å². The van der Waals surface area contributed by atoms with E-state index in [0.29, 0.717) is 0 Å². The van der Waals surface area contributed by atoms with Crippen molar-refractivity contribution in [3.63, 3.8) is 0 Å². The van der Waals surface area contributed by atoms with Gasteiger partial charge in [0.15, 0.2) is 0 Å². The van der Waals surface area contributed by atoms with Gasteiger partial charge in [0.25, 0.3) is 5.69 Å². The summed E-state index contributed by atoms with van der Waals surface area (Å²) in [6.45, 7) is 4.04. The molecule has 0 aliphatic rings. The lowest BCUT2D eigenvalue weighted by Gasteiger charge is -2.19. The van der Waals surface area contributed by atoms with Crippen LogP contribution in [0.3, 0.4) is 0 Å². The second kappa shape index (κ2) is 8.99. The summed E-state index contributed by atoms with van der Waals surface area (Å²) in [7, 11) is 0. The Kier molecular flexibility index (Phi) is 7.34. The van der Waals surface area contributed by atoms with Gasteiger partial charge in [0.05, 0.1) is 22.7 Å². The highest BCUT2D eigenvalue weighted by Crippen LogP contribution is 2.21. The van der Waals surface area contributed by atoms with Crippen LogP contribution in [0.2, 0.25) is 0 Å². The summed E-state index contributed by atoms with van der Waals surface area (Å²) in [5, 5.41) is 23.3. The molecule has 0 aliphatic heterocycles. The zero-order valence-electron chi connectivity index (χ0n) is 13.2. The van der Waals surface area contributed by atoms with E-state index in [1.54, 1.807) is 0 Å². The fourth-order valence-corrected chi connectivity index (χ4v) is 2.24. The van der Waals surface area contributed by atoms with Crippen LogP contribution in [0.25, 0.3) is 6.08 Å². The average Bonchev–Trinajstić information content (AvgIpc) is 2.52. The molecule has 0 aromatic heterocycles. The Morgan fingerprint density at radius 2 is 2.09 bits per heavy atom. The number of carbonyl (C=O) groups excluding carboxylic acids is 1. The smallest absolute Gasteiger partial charge is 0.279 e. The number of halogens is 1. The van der Waals surface area contributed by atoms with Crippen molar-refractivity contribution in [3.05, 3.63) is 45.8 Å². The van der Waals surface area contributed by atoms with Gasteiger partial charge >= 0.3 is 0 Å². The van der Waals surface area contributed by atoms with Crippen LogP contribution in [0, 0.1) is 21.8 Å². The molecule has 6 nitrogen and oxygen atoms in total. The molecule has 23 heavy (non-hydrogen) atoms. The maximum atomic E-state index is 13.0. The van der Waals surface area contributed by atoms with Crippen molar-refractivity contribution >= 4 is 17.7 Å². The number of hydrogen-bond donors (Lipinski definition) is 2. The molecule has 1 unspecified atom stereocenters. The van der Waals surface area contributed by atoms with Crippen molar-refractivity contribution in [1.82, 2.24) is 5.32 Å². The fourth-order valence-electron chi connectivity index (χ4n) is 2.24. The van der Waals surface area contributed by atoms with Crippen LogP contribution in [0.15, 0.2) is 24.3 Å². The molecule has 2 N–H and O–H groups in total. The molecule has 0 saturated carbocycles. The molecule has 1 rings (SSSR count). The number of aliphatic hydroxyl groups is 1. The van der Waals surface area contributed by atoms with Crippen LogP contribution >= 0.6 is 0 Å². The number of hydrogen-bond acceptors (Lipinski definition) is 4. The van der Waals surface area contributed by atoms with Crippen molar-refractivity contribution in [3.8, 4) is 0 Å². The standard InChI is InChI=1S/C16H21FN2O4/c1-3-11(4-2)15(20)10-18-16(21)8-6-12-5-7-13(17)9-14(12)19(22)23/h5-9,11,15,20H,3-4,10H2,1-2H3,(H,18,21)/b8-6+. The first-order valence-corrected chi connectivity index (χ1v) is 7.46. The maximum Gasteiger partial charge on any atom is 0.279 e. The van der Waals surface area contributed by atoms with E-state index >= 15 is 0 Å².